The molecule has 0 bridgehead atoms. The Balaban J connectivity index is 4.47. The van der Waals surface area contributed by atoms with Crippen molar-refractivity contribution in [3.63, 3.8) is 0 Å². The normalized spacial score (nSPS) is 14.2. The van der Waals surface area contributed by atoms with Gasteiger partial charge in [-0.2, -0.15) is 0 Å². The zero-order valence-electron chi connectivity index (χ0n) is 15.3. The number of hydrogen-bond acceptors (Lipinski definition) is 2. The Kier molecular flexibility index (Phi) is 10.6. The van der Waals surface area contributed by atoms with Crippen LogP contribution in [0.3, 0.4) is 0 Å². The summed E-state index contributed by atoms with van der Waals surface area (Å²) >= 11 is 0. The van der Waals surface area contributed by atoms with E-state index in [1.807, 2.05) is 0 Å². The van der Waals surface area contributed by atoms with Gasteiger partial charge in [0.2, 0.25) is 0 Å². The van der Waals surface area contributed by atoms with Gasteiger partial charge < -0.3 is 9.80 Å². The Morgan fingerprint density at radius 1 is 0.750 bits per heavy atom. The molecule has 0 N–H and O–H groups in total. The maximum absolute atomic E-state index is 2.47. The molecule has 0 spiro atoms. The van der Waals surface area contributed by atoms with E-state index in [2.05, 4.69) is 58.8 Å². The van der Waals surface area contributed by atoms with Gasteiger partial charge in [-0.05, 0) is 47.5 Å². The molecule has 0 aromatic heterocycles. The Hall–Kier alpha value is -0.0800. The number of rotatable bonds is 12. The van der Waals surface area contributed by atoms with Crippen molar-refractivity contribution >= 4 is 0 Å². The molecule has 0 amide bonds. The second kappa shape index (κ2) is 10.6. The first kappa shape index (κ1) is 19.9. The van der Waals surface area contributed by atoms with Gasteiger partial charge in [-0.1, -0.05) is 59.3 Å². The van der Waals surface area contributed by atoms with Gasteiger partial charge in [0, 0.05) is 11.6 Å². The molecule has 0 aliphatic heterocycles. The summed E-state index contributed by atoms with van der Waals surface area (Å²) in [6.07, 6.45) is 12.2. The lowest BCUT2D eigenvalue weighted by Crippen LogP contribution is -2.58. The molecule has 0 radical (unpaired) electrons. The monoisotopic (exact) mass is 284 g/mol. The Bertz CT molecular complexity index is 219. The van der Waals surface area contributed by atoms with Gasteiger partial charge in [-0.3, -0.25) is 0 Å². The van der Waals surface area contributed by atoms with Crippen LogP contribution in [0.1, 0.15) is 78.6 Å². The van der Waals surface area contributed by atoms with Crippen LogP contribution >= 0.6 is 0 Å². The minimum absolute atomic E-state index is 0.326. The smallest absolute Gasteiger partial charge is 0.0353 e. The van der Waals surface area contributed by atoms with Gasteiger partial charge >= 0.3 is 0 Å². The molecule has 0 fully saturated rings. The predicted molar refractivity (Wildman–Crippen MR) is 92.5 cm³/mol. The van der Waals surface area contributed by atoms with E-state index in [-0.39, 0.29) is 0 Å². The van der Waals surface area contributed by atoms with Crippen LogP contribution in [-0.4, -0.2) is 49.6 Å². The second-order valence-electron chi connectivity index (χ2n) is 6.74. The third-order valence-corrected chi connectivity index (χ3v) is 5.19. The first-order valence-corrected chi connectivity index (χ1v) is 8.80. The van der Waals surface area contributed by atoms with Gasteiger partial charge in [-0.25, -0.2) is 0 Å². The molecule has 122 valence electrons. The van der Waals surface area contributed by atoms with E-state index in [4.69, 9.17) is 0 Å². The largest absolute Gasteiger partial charge is 0.305 e. The van der Waals surface area contributed by atoms with E-state index in [9.17, 15) is 0 Å². The lowest BCUT2D eigenvalue weighted by Gasteiger charge is -2.48. The van der Waals surface area contributed by atoms with Crippen molar-refractivity contribution in [1.29, 1.82) is 0 Å². The van der Waals surface area contributed by atoms with Crippen LogP contribution in [0.4, 0.5) is 0 Å². The number of nitrogens with zero attached hydrogens (tertiary/aromatic N) is 2. The molecule has 0 rings (SSSR count). The fourth-order valence-corrected chi connectivity index (χ4v) is 3.78. The lowest BCUT2D eigenvalue weighted by molar-refractivity contribution is 0.0339. The van der Waals surface area contributed by atoms with E-state index in [1.54, 1.807) is 0 Å². The minimum Gasteiger partial charge on any atom is -0.305 e. The molecule has 20 heavy (non-hydrogen) atoms. The number of unbranched alkanes of at least 4 members (excludes halogenated alkanes) is 5. The van der Waals surface area contributed by atoms with E-state index < -0.39 is 0 Å². The van der Waals surface area contributed by atoms with Crippen molar-refractivity contribution in [2.45, 2.75) is 90.1 Å². The number of hydrogen-bond donors (Lipinski definition) is 0. The molecule has 0 saturated heterocycles. The SMILES string of the molecule is CCCCCCCCC(N(C)C)C(CC)(CC)N(C)C. The fraction of sp³-hybridized carbons (Fsp3) is 1.00. The molecule has 0 saturated carbocycles. The molecular formula is C18H40N2. The zero-order valence-corrected chi connectivity index (χ0v) is 15.3. The third kappa shape index (κ3) is 5.73. The molecular weight excluding hydrogens is 244 g/mol. The van der Waals surface area contributed by atoms with E-state index in [1.165, 1.54) is 57.8 Å². The van der Waals surface area contributed by atoms with Crippen molar-refractivity contribution in [1.82, 2.24) is 9.80 Å². The predicted octanol–water partition coefficient (Wildman–Crippen LogP) is 4.79. The minimum atomic E-state index is 0.326. The van der Waals surface area contributed by atoms with E-state index in [0.29, 0.717) is 11.6 Å². The lowest BCUT2D eigenvalue weighted by atomic mass is 9.80. The average molecular weight is 285 g/mol. The fourth-order valence-electron chi connectivity index (χ4n) is 3.78. The van der Waals surface area contributed by atoms with Crippen molar-refractivity contribution in [3.8, 4) is 0 Å². The summed E-state index contributed by atoms with van der Waals surface area (Å²) in [5, 5.41) is 0. The molecule has 0 aromatic carbocycles. The maximum atomic E-state index is 2.47. The standard InChI is InChI=1S/C18H40N2/c1-8-11-12-13-14-15-16-17(19(4)5)18(9-2,10-3)20(6)7/h17H,8-16H2,1-7H3. The zero-order chi connectivity index (χ0) is 15.6. The molecule has 1 unspecified atom stereocenters. The van der Waals surface area contributed by atoms with Crippen molar-refractivity contribution in [2.75, 3.05) is 28.2 Å². The molecule has 2 heteroatoms. The summed E-state index contributed by atoms with van der Waals surface area (Å²) in [7, 11) is 9.02. The number of likely N-dealkylation sites (N-methyl/N-ethyl adjacent to an activating group) is 2. The van der Waals surface area contributed by atoms with Gasteiger partial charge in [-0.15, -0.1) is 0 Å². The Morgan fingerprint density at radius 3 is 1.65 bits per heavy atom. The Labute approximate surface area is 128 Å². The van der Waals surface area contributed by atoms with Gasteiger partial charge in [0.05, 0.1) is 0 Å². The van der Waals surface area contributed by atoms with Crippen LogP contribution in [-0.2, 0) is 0 Å². The quantitative estimate of drug-likeness (QED) is 0.476. The van der Waals surface area contributed by atoms with Crippen molar-refractivity contribution < 1.29 is 0 Å². The van der Waals surface area contributed by atoms with Crippen LogP contribution in [0.25, 0.3) is 0 Å². The van der Waals surface area contributed by atoms with Crippen LogP contribution < -0.4 is 0 Å². The van der Waals surface area contributed by atoms with Crippen LogP contribution in [0.15, 0.2) is 0 Å². The van der Waals surface area contributed by atoms with Gasteiger partial charge in [0.15, 0.2) is 0 Å². The van der Waals surface area contributed by atoms with Crippen LogP contribution in [0.5, 0.6) is 0 Å². The topological polar surface area (TPSA) is 6.48 Å². The van der Waals surface area contributed by atoms with E-state index >= 15 is 0 Å². The molecule has 0 aliphatic rings. The van der Waals surface area contributed by atoms with Crippen LogP contribution in [0, 0.1) is 0 Å². The summed E-state index contributed by atoms with van der Waals surface area (Å²) in [4.78, 5) is 4.92. The van der Waals surface area contributed by atoms with Crippen molar-refractivity contribution in [3.05, 3.63) is 0 Å². The first-order chi connectivity index (χ1) is 9.46. The molecule has 2 nitrogen and oxygen atoms in total. The summed E-state index contributed by atoms with van der Waals surface area (Å²) in [6, 6.07) is 0.665. The van der Waals surface area contributed by atoms with Crippen molar-refractivity contribution in [2.24, 2.45) is 0 Å². The van der Waals surface area contributed by atoms with Gasteiger partial charge in [0.25, 0.3) is 0 Å². The highest BCUT2D eigenvalue weighted by molar-refractivity contribution is 4.96. The molecule has 1 atom stereocenters. The van der Waals surface area contributed by atoms with Gasteiger partial charge in [0.1, 0.15) is 0 Å². The highest BCUT2D eigenvalue weighted by Crippen LogP contribution is 2.31. The van der Waals surface area contributed by atoms with Crippen LogP contribution in [0.2, 0.25) is 0 Å². The third-order valence-electron chi connectivity index (χ3n) is 5.19. The molecule has 0 heterocycles. The van der Waals surface area contributed by atoms with E-state index in [0.717, 1.165) is 0 Å². The average Bonchev–Trinajstić information content (AvgIpc) is 2.41. The summed E-state index contributed by atoms with van der Waals surface area (Å²) in [6.45, 7) is 6.98. The second-order valence-corrected chi connectivity index (χ2v) is 6.74. The first-order valence-electron chi connectivity index (χ1n) is 8.80. The highest BCUT2D eigenvalue weighted by atomic mass is 15.2. The summed E-state index contributed by atoms with van der Waals surface area (Å²) < 4.78 is 0. The Morgan fingerprint density at radius 2 is 1.25 bits per heavy atom. The molecule has 0 aromatic rings. The summed E-state index contributed by atoms with van der Waals surface area (Å²) in [5.41, 5.74) is 0.326. The highest BCUT2D eigenvalue weighted by Gasteiger charge is 2.38. The maximum Gasteiger partial charge on any atom is 0.0353 e. The summed E-state index contributed by atoms with van der Waals surface area (Å²) in [5.74, 6) is 0. The molecule has 0 aliphatic carbocycles.